The Labute approximate surface area is 187 Å². The van der Waals surface area contributed by atoms with Gasteiger partial charge >= 0.3 is 0 Å². The van der Waals surface area contributed by atoms with Crippen LogP contribution in [0.5, 0.6) is 23.0 Å². The molecular formula is C26H25NO5. The SMILES string of the molecule is COc1cc2c(cc1OC)[C@H](c1ccccc1)N(C(=O)[C@@H]1COc3ccccc3O1)CC2. The normalized spacial score (nSPS) is 19.1. The van der Waals surface area contributed by atoms with Gasteiger partial charge in [-0.15, -0.1) is 0 Å². The van der Waals surface area contributed by atoms with E-state index in [1.54, 1.807) is 14.2 Å². The Hall–Kier alpha value is -3.67. The van der Waals surface area contributed by atoms with Crippen LogP contribution in [0.3, 0.4) is 0 Å². The first-order valence-corrected chi connectivity index (χ1v) is 10.7. The van der Waals surface area contributed by atoms with Crippen LogP contribution in [-0.2, 0) is 11.2 Å². The molecule has 0 fully saturated rings. The zero-order valence-electron chi connectivity index (χ0n) is 18.1. The van der Waals surface area contributed by atoms with Crippen LogP contribution in [0, 0.1) is 0 Å². The van der Waals surface area contributed by atoms with Gasteiger partial charge in [-0.05, 0) is 47.4 Å². The Bertz CT molecular complexity index is 1130. The van der Waals surface area contributed by atoms with Crippen molar-refractivity contribution in [2.45, 2.75) is 18.6 Å². The summed E-state index contributed by atoms with van der Waals surface area (Å²) < 4.78 is 22.9. The molecule has 1 amide bonds. The van der Waals surface area contributed by atoms with Gasteiger partial charge in [-0.1, -0.05) is 42.5 Å². The zero-order valence-corrected chi connectivity index (χ0v) is 18.1. The molecule has 2 aliphatic rings. The lowest BCUT2D eigenvalue weighted by atomic mass is 9.87. The third-order valence-corrected chi connectivity index (χ3v) is 6.06. The summed E-state index contributed by atoms with van der Waals surface area (Å²) in [5.74, 6) is 2.51. The molecule has 0 unspecified atom stereocenters. The summed E-state index contributed by atoms with van der Waals surface area (Å²) in [6.07, 6.45) is 0.0207. The number of benzene rings is 3. The Morgan fingerprint density at radius 1 is 0.938 bits per heavy atom. The van der Waals surface area contributed by atoms with E-state index >= 15 is 0 Å². The highest BCUT2D eigenvalue weighted by atomic mass is 16.6. The van der Waals surface area contributed by atoms with Crippen LogP contribution in [0.4, 0.5) is 0 Å². The van der Waals surface area contributed by atoms with E-state index in [4.69, 9.17) is 18.9 Å². The van der Waals surface area contributed by atoms with Crippen molar-refractivity contribution in [3.8, 4) is 23.0 Å². The molecule has 6 nitrogen and oxygen atoms in total. The Morgan fingerprint density at radius 3 is 2.38 bits per heavy atom. The summed E-state index contributed by atoms with van der Waals surface area (Å²) in [6.45, 7) is 0.759. The second-order valence-corrected chi connectivity index (χ2v) is 7.87. The lowest BCUT2D eigenvalue weighted by Gasteiger charge is -2.40. The maximum Gasteiger partial charge on any atom is 0.268 e. The summed E-state index contributed by atoms with van der Waals surface area (Å²) in [6, 6.07) is 21.2. The number of carbonyl (C=O) groups excluding carboxylic acids is 1. The molecule has 2 aliphatic heterocycles. The summed E-state index contributed by atoms with van der Waals surface area (Å²) in [5.41, 5.74) is 3.21. The topological polar surface area (TPSA) is 57.2 Å². The molecule has 32 heavy (non-hydrogen) atoms. The predicted octanol–water partition coefficient (Wildman–Crippen LogP) is 4.02. The van der Waals surface area contributed by atoms with Gasteiger partial charge in [-0.2, -0.15) is 0 Å². The fraction of sp³-hybridized carbons (Fsp3) is 0.269. The third-order valence-electron chi connectivity index (χ3n) is 6.06. The number of ether oxygens (including phenoxy) is 4. The lowest BCUT2D eigenvalue weighted by Crippen LogP contribution is -2.50. The quantitative estimate of drug-likeness (QED) is 0.625. The van der Waals surface area contributed by atoms with Crippen LogP contribution in [0.15, 0.2) is 66.7 Å². The van der Waals surface area contributed by atoms with Gasteiger partial charge in [0, 0.05) is 6.54 Å². The van der Waals surface area contributed by atoms with Gasteiger partial charge in [0.05, 0.1) is 20.3 Å². The number of methoxy groups -OCH3 is 2. The summed E-state index contributed by atoms with van der Waals surface area (Å²) in [5, 5.41) is 0. The fourth-order valence-corrected chi connectivity index (χ4v) is 4.50. The molecule has 0 saturated carbocycles. The summed E-state index contributed by atoms with van der Waals surface area (Å²) in [4.78, 5) is 15.6. The van der Waals surface area contributed by atoms with Crippen molar-refractivity contribution >= 4 is 5.91 Å². The average Bonchev–Trinajstić information content (AvgIpc) is 2.86. The molecule has 3 aromatic rings. The molecular weight excluding hydrogens is 406 g/mol. The molecule has 0 N–H and O–H groups in total. The van der Waals surface area contributed by atoms with Crippen molar-refractivity contribution in [3.05, 3.63) is 83.4 Å². The van der Waals surface area contributed by atoms with Crippen LogP contribution >= 0.6 is 0 Å². The molecule has 0 bridgehead atoms. The third kappa shape index (κ3) is 3.51. The number of rotatable bonds is 4. The van der Waals surface area contributed by atoms with E-state index in [0.717, 1.165) is 23.1 Å². The molecule has 164 valence electrons. The van der Waals surface area contributed by atoms with Crippen molar-refractivity contribution in [1.82, 2.24) is 4.90 Å². The summed E-state index contributed by atoms with van der Waals surface area (Å²) >= 11 is 0. The Morgan fingerprint density at radius 2 is 1.62 bits per heavy atom. The maximum atomic E-state index is 13.7. The van der Waals surface area contributed by atoms with Crippen LogP contribution in [-0.4, -0.2) is 44.3 Å². The van der Waals surface area contributed by atoms with Crippen molar-refractivity contribution in [3.63, 3.8) is 0 Å². The van der Waals surface area contributed by atoms with Gasteiger partial charge in [0.1, 0.15) is 6.61 Å². The molecule has 2 heterocycles. The molecule has 0 saturated heterocycles. The van der Waals surface area contributed by atoms with Gasteiger partial charge in [0.15, 0.2) is 23.0 Å². The van der Waals surface area contributed by atoms with Crippen molar-refractivity contribution in [2.75, 3.05) is 27.4 Å². The molecule has 6 heteroatoms. The summed E-state index contributed by atoms with van der Waals surface area (Å²) in [7, 11) is 3.26. The molecule has 5 rings (SSSR count). The van der Waals surface area contributed by atoms with Crippen molar-refractivity contribution in [2.24, 2.45) is 0 Å². The van der Waals surface area contributed by atoms with Gasteiger partial charge in [-0.25, -0.2) is 0 Å². The van der Waals surface area contributed by atoms with Gasteiger partial charge in [0.2, 0.25) is 6.10 Å². The average molecular weight is 431 g/mol. The molecule has 0 radical (unpaired) electrons. The Balaban J connectivity index is 1.53. The number of nitrogens with zero attached hydrogens (tertiary/aromatic N) is 1. The number of para-hydroxylation sites is 2. The molecule has 0 spiro atoms. The monoisotopic (exact) mass is 431 g/mol. The van der Waals surface area contributed by atoms with E-state index in [1.807, 2.05) is 71.6 Å². The molecule has 0 aromatic heterocycles. The van der Waals surface area contributed by atoms with Crippen LogP contribution < -0.4 is 18.9 Å². The van der Waals surface area contributed by atoms with E-state index in [0.29, 0.717) is 29.5 Å². The van der Waals surface area contributed by atoms with Gasteiger partial charge < -0.3 is 23.8 Å². The standard InChI is InChI=1S/C26H25NO5/c1-29-22-14-18-12-13-27(26(28)24-16-31-20-10-6-7-11-21(20)32-24)25(17-8-4-3-5-9-17)19(18)15-23(22)30-2/h3-11,14-15,24-25H,12-13,16H2,1-2H3/t24-,25-/m0/s1. The lowest BCUT2D eigenvalue weighted by molar-refractivity contribution is -0.143. The van der Waals surface area contributed by atoms with E-state index < -0.39 is 6.10 Å². The number of amides is 1. The van der Waals surface area contributed by atoms with Crippen LogP contribution in [0.25, 0.3) is 0 Å². The maximum absolute atomic E-state index is 13.7. The highest BCUT2D eigenvalue weighted by molar-refractivity contribution is 5.83. The number of fused-ring (bicyclic) bond motifs is 2. The Kier molecular flexibility index (Phi) is 5.35. The first kappa shape index (κ1) is 20.2. The minimum absolute atomic E-state index is 0.0891. The van der Waals surface area contributed by atoms with Crippen LogP contribution in [0.2, 0.25) is 0 Å². The molecule has 3 aromatic carbocycles. The van der Waals surface area contributed by atoms with E-state index in [-0.39, 0.29) is 18.6 Å². The minimum Gasteiger partial charge on any atom is -0.493 e. The number of carbonyl (C=O) groups is 1. The smallest absolute Gasteiger partial charge is 0.268 e. The van der Waals surface area contributed by atoms with Crippen molar-refractivity contribution in [1.29, 1.82) is 0 Å². The van der Waals surface area contributed by atoms with Crippen LogP contribution in [0.1, 0.15) is 22.7 Å². The fourth-order valence-electron chi connectivity index (χ4n) is 4.50. The highest BCUT2D eigenvalue weighted by Gasteiger charge is 2.38. The van der Waals surface area contributed by atoms with Crippen molar-refractivity contribution < 1.29 is 23.7 Å². The molecule has 0 aliphatic carbocycles. The number of hydrogen-bond acceptors (Lipinski definition) is 5. The van der Waals surface area contributed by atoms with E-state index in [1.165, 1.54) is 0 Å². The first-order valence-electron chi connectivity index (χ1n) is 10.7. The van der Waals surface area contributed by atoms with Gasteiger partial charge in [-0.3, -0.25) is 4.79 Å². The first-order chi connectivity index (χ1) is 15.7. The number of hydrogen-bond donors (Lipinski definition) is 0. The zero-order chi connectivity index (χ0) is 22.1. The minimum atomic E-state index is -0.696. The van der Waals surface area contributed by atoms with Gasteiger partial charge in [0.25, 0.3) is 5.91 Å². The second-order valence-electron chi connectivity index (χ2n) is 7.87. The second kappa shape index (κ2) is 8.46. The van der Waals surface area contributed by atoms with E-state index in [2.05, 4.69) is 0 Å². The predicted molar refractivity (Wildman–Crippen MR) is 120 cm³/mol. The largest absolute Gasteiger partial charge is 0.493 e. The highest BCUT2D eigenvalue weighted by Crippen LogP contribution is 2.42. The molecule has 2 atom stereocenters. The van der Waals surface area contributed by atoms with E-state index in [9.17, 15) is 4.79 Å².